The van der Waals surface area contributed by atoms with Gasteiger partial charge in [-0.3, -0.25) is 4.79 Å². The van der Waals surface area contributed by atoms with E-state index in [1.807, 2.05) is 30.3 Å². The van der Waals surface area contributed by atoms with Crippen LogP contribution in [0.4, 0.5) is 4.79 Å². The van der Waals surface area contributed by atoms with Crippen molar-refractivity contribution in [3.05, 3.63) is 35.9 Å². The maximum atomic E-state index is 11.4. The number of carbonyl (C=O) groups is 2. The second-order valence-corrected chi connectivity index (χ2v) is 5.05. The number of esters is 1. The Labute approximate surface area is 132 Å². The summed E-state index contributed by atoms with van der Waals surface area (Å²) in [4.78, 5) is 22.8. The summed E-state index contributed by atoms with van der Waals surface area (Å²) in [5.41, 5.74) is 0.896. The van der Waals surface area contributed by atoms with Gasteiger partial charge in [-0.05, 0) is 12.0 Å². The topological polar surface area (TPSA) is 64.6 Å². The quantitative estimate of drug-likeness (QED) is 0.531. The SMILES string of the molecule is CCCCCCCOC(=O)CNC(=O)OCc1ccccc1. The van der Waals surface area contributed by atoms with Crippen molar-refractivity contribution in [3.63, 3.8) is 0 Å². The highest BCUT2D eigenvalue weighted by molar-refractivity contribution is 5.77. The predicted octanol–water partition coefficient (Wildman–Crippen LogP) is 3.43. The third-order valence-corrected chi connectivity index (χ3v) is 3.10. The van der Waals surface area contributed by atoms with Crippen molar-refractivity contribution in [2.24, 2.45) is 0 Å². The molecule has 1 amide bonds. The zero-order valence-corrected chi connectivity index (χ0v) is 13.2. The van der Waals surface area contributed by atoms with Gasteiger partial charge in [0.1, 0.15) is 13.2 Å². The number of unbranched alkanes of at least 4 members (excludes halogenated alkanes) is 4. The summed E-state index contributed by atoms with van der Waals surface area (Å²) in [6.07, 6.45) is 4.87. The molecular formula is C17H25NO4. The van der Waals surface area contributed by atoms with Gasteiger partial charge in [-0.15, -0.1) is 0 Å². The van der Waals surface area contributed by atoms with Crippen molar-refractivity contribution in [2.45, 2.75) is 45.6 Å². The minimum atomic E-state index is -0.622. The first kappa shape index (κ1) is 18.0. The molecule has 1 aromatic rings. The lowest BCUT2D eigenvalue weighted by atomic mass is 10.2. The van der Waals surface area contributed by atoms with Gasteiger partial charge in [0.05, 0.1) is 6.61 Å². The summed E-state index contributed by atoms with van der Waals surface area (Å²) < 4.78 is 10.0. The lowest BCUT2D eigenvalue weighted by molar-refractivity contribution is -0.142. The van der Waals surface area contributed by atoms with E-state index in [0.29, 0.717) is 6.61 Å². The van der Waals surface area contributed by atoms with Crippen LogP contribution in [-0.4, -0.2) is 25.2 Å². The van der Waals surface area contributed by atoms with E-state index in [9.17, 15) is 9.59 Å². The van der Waals surface area contributed by atoms with Crippen LogP contribution < -0.4 is 5.32 Å². The number of benzene rings is 1. The number of amides is 1. The molecule has 5 nitrogen and oxygen atoms in total. The van der Waals surface area contributed by atoms with Gasteiger partial charge in [0.25, 0.3) is 0 Å². The Kier molecular flexibility index (Phi) is 9.50. The molecule has 0 saturated carbocycles. The van der Waals surface area contributed by atoms with Crippen molar-refractivity contribution >= 4 is 12.1 Å². The average Bonchev–Trinajstić information content (AvgIpc) is 2.55. The molecule has 0 radical (unpaired) electrons. The summed E-state index contributed by atoms with van der Waals surface area (Å²) in [5, 5.41) is 2.38. The summed E-state index contributed by atoms with van der Waals surface area (Å²) in [6, 6.07) is 9.35. The standard InChI is InChI=1S/C17H25NO4/c1-2-3-4-5-9-12-21-16(19)13-18-17(20)22-14-15-10-7-6-8-11-15/h6-8,10-11H,2-5,9,12-14H2,1H3,(H,18,20). The number of ether oxygens (including phenoxy) is 2. The first-order valence-electron chi connectivity index (χ1n) is 7.82. The predicted molar refractivity (Wildman–Crippen MR) is 84.3 cm³/mol. The van der Waals surface area contributed by atoms with Gasteiger partial charge in [-0.25, -0.2) is 4.79 Å². The maximum absolute atomic E-state index is 11.4. The number of hydrogen-bond acceptors (Lipinski definition) is 4. The molecular weight excluding hydrogens is 282 g/mol. The fourth-order valence-corrected chi connectivity index (χ4v) is 1.86. The van der Waals surface area contributed by atoms with Crippen molar-refractivity contribution < 1.29 is 19.1 Å². The molecule has 0 atom stereocenters. The van der Waals surface area contributed by atoms with Gasteiger partial charge in [0.2, 0.25) is 0 Å². The Morgan fingerprint density at radius 3 is 2.45 bits per heavy atom. The molecule has 0 aliphatic rings. The average molecular weight is 307 g/mol. The highest BCUT2D eigenvalue weighted by Crippen LogP contribution is 2.02. The van der Waals surface area contributed by atoms with Crippen LogP contribution in [0.3, 0.4) is 0 Å². The molecule has 1 aromatic carbocycles. The fourth-order valence-electron chi connectivity index (χ4n) is 1.86. The van der Waals surface area contributed by atoms with E-state index in [2.05, 4.69) is 12.2 Å². The van der Waals surface area contributed by atoms with Gasteiger partial charge in [-0.1, -0.05) is 62.9 Å². The van der Waals surface area contributed by atoms with E-state index < -0.39 is 12.1 Å². The Morgan fingerprint density at radius 1 is 1.00 bits per heavy atom. The number of hydrogen-bond donors (Lipinski definition) is 1. The van der Waals surface area contributed by atoms with Crippen LogP contribution in [0.2, 0.25) is 0 Å². The first-order chi connectivity index (χ1) is 10.7. The summed E-state index contributed by atoms with van der Waals surface area (Å²) >= 11 is 0. The number of nitrogens with one attached hydrogen (secondary N) is 1. The van der Waals surface area contributed by atoms with E-state index in [1.54, 1.807) is 0 Å². The highest BCUT2D eigenvalue weighted by atomic mass is 16.6. The molecule has 1 N–H and O–H groups in total. The Bertz CT molecular complexity index is 434. The van der Waals surface area contributed by atoms with E-state index in [1.165, 1.54) is 12.8 Å². The fraction of sp³-hybridized carbons (Fsp3) is 0.529. The van der Waals surface area contributed by atoms with Crippen LogP contribution in [0.1, 0.15) is 44.6 Å². The van der Waals surface area contributed by atoms with E-state index in [0.717, 1.165) is 24.8 Å². The van der Waals surface area contributed by atoms with Crippen molar-refractivity contribution in [1.29, 1.82) is 0 Å². The minimum absolute atomic E-state index is 0.164. The second-order valence-electron chi connectivity index (χ2n) is 5.05. The van der Waals surface area contributed by atoms with Crippen molar-refractivity contribution in [3.8, 4) is 0 Å². The van der Waals surface area contributed by atoms with E-state index in [4.69, 9.17) is 9.47 Å². The van der Waals surface area contributed by atoms with Crippen LogP contribution >= 0.6 is 0 Å². The van der Waals surface area contributed by atoms with E-state index in [-0.39, 0.29) is 13.2 Å². The molecule has 5 heteroatoms. The molecule has 22 heavy (non-hydrogen) atoms. The van der Waals surface area contributed by atoms with Gasteiger partial charge in [-0.2, -0.15) is 0 Å². The molecule has 1 rings (SSSR count). The molecule has 0 unspecified atom stereocenters. The number of rotatable bonds is 10. The minimum Gasteiger partial charge on any atom is -0.464 e. The van der Waals surface area contributed by atoms with Gasteiger partial charge >= 0.3 is 12.1 Å². The smallest absolute Gasteiger partial charge is 0.407 e. The molecule has 0 fully saturated rings. The third kappa shape index (κ3) is 9.00. The molecule has 0 aliphatic carbocycles. The lowest BCUT2D eigenvalue weighted by Crippen LogP contribution is -2.31. The van der Waals surface area contributed by atoms with Crippen molar-refractivity contribution in [1.82, 2.24) is 5.32 Å². The highest BCUT2D eigenvalue weighted by Gasteiger charge is 2.07. The molecule has 0 aromatic heterocycles. The zero-order chi connectivity index (χ0) is 16.0. The van der Waals surface area contributed by atoms with Crippen LogP contribution in [0.15, 0.2) is 30.3 Å². The number of carbonyl (C=O) groups excluding carboxylic acids is 2. The molecule has 0 bridgehead atoms. The van der Waals surface area contributed by atoms with E-state index >= 15 is 0 Å². The van der Waals surface area contributed by atoms with Crippen LogP contribution in [0.5, 0.6) is 0 Å². The molecule has 0 saturated heterocycles. The summed E-state index contributed by atoms with van der Waals surface area (Å²) in [6.45, 7) is 2.58. The normalized spacial score (nSPS) is 10.0. The Hall–Kier alpha value is -2.04. The van der Waals surface area contributed by atoms with Gasteiger partial charge < -0.3 is 14.8 Å². The Balaban J connectivity index is 2.02. The van der Waals surface area contributed by atoms with Crippen molar-refractivity contribution in [2.75, 3.05) is 13.2 Å². The molecule has 0 aliphatic heterocycles. The summed E-state index contributed by atoms with van der Waals surface area (Å²) in [5.74, 6) is -0.438. The second kappa shape index (κ2) is 11.6. The van der Waals surface area contributed by atoms with Crippen LogP contribution in [0, 0.1) is 0 Å². The monoisotopic (exact) mass is 307 g/mol. The van der Waals surface area contributed by atoms with Crippen LogP contribution in [0.25, 0.3) is 0 Å². The van der Waals surface area contributed by atoms with Gasteiger partial charge in [0, 0.05) is 0 Å². The number of alkyl carbamates (subject to hydrolysis) is 1. The summed E-state index contributed by atoms with van der Waals surface area (Å²) in [7, 11) is 0. The lowest BCUT2D eigenvalue weighted by Gasteiger charge is -2.07. The third-order valence-electron chi connectivity index (χ3n) is 3.10. The molecule has 0 spiro atoms. The Morgan fingerprint density at radius 2 is 1.73 bits per heavy atom. The first-order valence-corrected chi connectivity index (χ1v) is 7.82. The van der Waals surface area contributed by atoms with Gasteiger partial charge in [0.15, 0.2) is 0 Å². The largest absolute Gasteiger partial charge is 0.464 e. The molecule has 122 valence electrons. The van der Waals surface area contributed by atoms with Crippen LogP contribution in [-0.2, 0) is 20.9 Å². The molecule has 0 heterocycles. The maximum Gasteiger partial charge on any atom is 0.407 e. The zero-order valence-electron chi connectivity index (χ0n) is 13.2.